The van der Waals surface area contributed by atoms with E-state index in [0.717, 1.165) is 32.1 Å². The Kier molecular flexibility index (Phi) is 5.89. The van der Waals surface area contributed by atoms with Crippen LogP contribution in [-0.4, -0.2) is 17.4 Å². The second-order valence-electron chi connectivity index (χ2n) is 6.83. The molecule has 0 aromatic heterocycles. The molecule has 2 N–H and O–H groups in total. The molecule has 1 spiro atoms. The molecule has 1 aromatic rings. The van der Waals surface area contributed by atoms with Crippen LogP contribution in [0.2, 0.25) is 5.02 Å². The minimum atomic E-state index is -0.580. The number of nitriles is 2. The number of carbonyl (C=O) groups excluding carboxylic acids is 1. The number of hydrogen-bond donors (Lipinski definition) is 1. The molecule has 2 aliphatic rings. The van der Waals surface area contributed by atoms with Crippen LogP contribution in [0, 0.1) is 34.0 Å². The number of nitrogens with zero attached hydrogens (tertiary/aromatic N) is 3. The zero-order valence-corrected chi connectivity index (χ0v) is 16.3. The van der Waals surface area contributed by atoms with Crippen LogP contribution in [0.25, 0.3) is 0 Å². The molecule has 1 heterocycles. The molecule has 0 saturated heterocycles. The maximum absolute atomic E-state index is 12.5. The molecule has 1 aromatic carbocycles. The Bertz CT molecular complexity index is 886. The summed E-state index contributed by atoms with van der Waals surface area (Å²) in [6.45, 7) is 0. The van der Waals surface area contributed by atoms with E-state index in [2.05, 4.69) is 17.1 Å². The molecule has 1 atom stereocenters. The fourth-order valence-corrected chi connectivity index (χ4v) is 5.03. The van der Waals surface area contributed by atoms with Crippen molar-refractivity contribution in [2.24, 2.45) is 22.1 Å². The van der Waals surface area contributed by atoms with Gasteiger partial charge in [0.2, 0.25) is 0 Å². The predicted molar refractivity (Wildman–Crippen MR) is 107 cm³/mol. The highest BCUT2D eigenvalue weighted by Gasteiger charge is 2.49. The first kappa shape index (κ1) is 19.5. The number of benzene rings is 1. The van der Waals surface area contributed by atoms with Gasteiger partial charge in [-0.3, -0.25) is 4.79 Å². The number of aliphatic imine (C=N–C) groups is 1. The van der Waals surface area contributed by atoms with Gasteiger partial charge in [0.05, 0.1) is 23.5 Å². The summed E-state index contributed by atoms with van der Waals surface area (Å²) in [7, 11) is 0. The molecule has 138 valence electrons. The van der Waals surface area contributed by atoms with E-state index in [1.54, 1.807) is 24.3 Å². The topological polar surface area (TPSA) is 103 Å². The summed E-state index contributed by atoms with van der Waals surface area (Å²) in [6, 6.07) is 11.3. The van der Waals surface area contributed by atoms with Gasteiger partial charge in [-0.2, -0.15) is 10.5 Å². The number of allylic oxidation sites excluding steroid dienone is 1. The Morgan fingerprint density at radius 2 is 1.93 bits per heavy atom. The second kappa shape index (κ2) is 8.17. The van der Waals surface area contributed by atoms with Gasteiger partial charge in [0.15, 0.2) is 5.78 Å². The second-order valence-corrected chi connectivity index (χ2v) is 8.23. The average Bonchev–Trinajstić information content (AvgIpc) is 2.67. The highest BCUT2D eigenvalue weighted by Crippen LogP contribution is 2.52. The third kappa shape index (κ3) is 3.74. The van der Waals surface area contributed by atoms with Gasteiger partial charge in [-0.05, 0) is 37.1 Å². The summed E-state index contributed by atoms with van der Waals surface area (Å²) < 4.78 is 0. The van der Waals surface area contributed by atoms with E-state index in [4.69, 9.17) is 17.3 Å². The number of rotatable bonds is 4. The Hall–Kier alpha value is -2.28. The van der Waals surface area contributed by atoms with Crippen molar-refractivity contribution in [3.8, 4) is 12.1 Å². The first-order chi connectivity index (χ1) is 13.0. The molecule has 1 saturated carbocycles. The van der Waals surface area contributed by atoms with Crippen LogP contribution in [0.1, 0.15) is 42.5 Å². The molecule has 3 rings (SSSR count). The van der Waals surface area contributed by atoms with Gasteiger partial charge < -0.3 is 5.73 Å². The van der Waals surface area contributed by atoms with E-state index >= 15 is 0 Å². The Morgan fingerprint density at radius 3 is 2.52 bits per heavy atom. The van der Waals surface area contributed by atoms with E-state index in [-0.39, 0.29) is 17.4 Å². The summed E-state index contributed by atoms with van der Waals surface area (Å²) in [4.78, 5) is 16.8. The molecule has 1 aliphatic heterocycles. The number of ketones is 1. The Morgan fingerprint density at radius 1 is 1.26 bits per heavy atom. The Balaban J connectivity index is 1.88. The standard InChI is InChI=1S/C20H19ClN4OS/c21-14-6-4-13(5-7-14)17(26)12-27-19-16(11-23)20(8-2-1-3-9-20)15(10-22)18(24)25-19/h4-7,15H,1-3,8-9,12H2,(H2,24,25). The molecule has 1 aliphatic carbocycles. The van der Waals surface area contributed by atoms with Crippen LogP contribution < -0.4 is 5.73 Å². The van der Waals surface area contributed by atoms with E-state index in [0.29, 0.717) is 21.2 Å². The van der Waals surface area contributed by atoms with Crippen LogP contribution in [-0.2, 0) is 0 Å². The minimum Gasteiger partial charge on any atom is -0.386 e. The number of nitrogens with two attached hydrogens (primary N) is 1. The maximum atomic E-state index is 12.5. The molecular weight excluding hydrogens is 380 g/mol. The molecule has 0 amide bonds. The van der Waals surface area contributed by atoms with Gasteiger partial charge >= 0.3 is 0 Å². The van der Waals surface area contributed by atoms with Crippen molar-refractivity contribution in [1.29, 1.82) is 10.5 Å². The fourth-order valence-electron chi connectivity index (χ4n) is 3.91. The smallest absolute Gasteiger partial charge is 0.173 e. The number of hydrogen-bond acceptors (Lipinski definition) is 6. The van der Waals surface area contributed by atoms with Crippen molar-refractivity contribution < 1.29 is 4.79 Å². The number of halogens is 1. The van der Waals surface area contributed by atoms with Gasteiger partial charge in [-0.15, -0.1) is 0 Å². The highest BCUT2D eigenvalue weighted by molar-refractivity contribution is 8.03. The quantitative estimate of drug-likeness (QED) is 0.754. The number of Topliss-reactive ketones (excluding diaryl/α,β-unsaturated/α-hetero) is 1. The predicted octanol–water partition coefficient (Wildman–Crippen LogP) is 4.45. The van der Waals surface area contributed by atoms with Crippen molar-refractivity contribution in [2.75, 3.05) is 5.75 Å². The van der Waals surface area contributed by atoms with Gasteiger partial charge in [0.1, 0.15) is 16.8 Å². The molecule has 1 unspecified atom stereocenters. The van der Waals surface area contributed by atoms with Crippen molar-refractivity contribution >= 4 is 35.0 Å². The summed E-state index contributed by atoms with van der Waals surface area (Å²) in [5.41, 5.74) is 6.60. The van der Waals surface area contributed by atoms with Crippen LogP contribution >= 0.6 is 23.4 Å². The van der Waals surface area contributed by atoms with Crippen LogP contribution in [0.3, 0.4) is 0 Å². The minimum absolute atomic E-state index is 0.0738. The molecule has 1 fully saturated rings. The van der Waals surface area contributed by atoms with Crippen LogP contribution in [0.4, 0.5) is 0 Å². The number of thioether (sulfide) groups is 1. The van der Waals surface area contributed by atoms with Crippen molar-refractivity contribution in [3.05, 3.63) is 45.5 Å². The van der Waals surface area contributed by atoms with E-state index in [1.165, 1.54) is 11.8 Å². The highest BCUT2D eigenvalue weighted by atomic mass is 35.5. The fraction of sp³-hybridized carbons (Fsp3) is 0.400. The van der Waals surface area contributed by atoms with Gasteiger partial charge in [0.25, 0.3) is 0 Å². The largest absolute Gasteiger partial charge is 0.386 e. The molecule has 0 bridgehead atoms. The molecule has 7 heteroatoms. The van der Waals surface area contributed by atoms with Gasteiger partial charge in [0, 0.05) is 16.0 Å². The van der Waals surface area contributed by atoms with Crippen LogP contribution in [0.15, 0.2) is 39.9 Å². The van der Waals surface area contributed by atoms with Crippen LogP contribution in [0.5, 0.6) is 0 Å². The lowest BCUT2D eigenvalue weighted by Gasteiger charge is -2.42. The van der Waals surface area contributed by atoms with Crippen molar-refractivity contribution in [1.82, 2.24) is 0 Å². The van der Waals surface area contributed by atoms with E-state index in [9.17, 15) is 15.3 Å². The molecule has 5 nitrogen and oxygen atoms in total. The average molecular weight is 399 g/mol. The van der Waals surface area contributed by atoms with Crippen molar-refractivity contribution in [2.45, 2.75) is 32.1 Å². The maximum Gasteiger partial charge on any atom is 0.173 e. The van der Waals surface area contributed by atoms with E-state index < -0.39 is 11.3 Å². The first-order valence-corrected chi connectivity index (χ1v) is 10.2. The molecule has 0 radical (unpaired) electrons. The lowest BCUT2D eigenvalue weighted by Crippen LogP contribution is -2.44. The molecular formula is C20H19ClN4OS. The van der Waals surface area contributed by atoms with Crippen molar-refractivity contribution in [3.63, 3.8) is 0 Å². The first-order valence-electron chi connectivity index (χ1n) is 8.82. The zero-order chi connectivity index (χ0) is 19.4. The SMILES string of the molecule is N#CC1=C(SCC(=O)c2ccc(Cl)cc2)N=C(N)C(C#N)C12CCCCC2. The normalized spacial score (nSPS) is 21.3. The van der Waals surface area contributed by atoms with Gasteiger partial charge in [-0.1, -0.05) is 42.6 Å². The lowest BCUT2D eigenvalue weighted by molar-refractivity contribution is 0.102. The monoisotopic (exact) mass is 398 g/mol. The van der Waals surface area contributed by atoms with E-state index in [1.807, 2.05) is 0 Å². The summed E-state index contributed by atoms with van der Waals surface area (Å²) >= 11 is 7.08. The van der Waals surface area contributed by atoms with Gasteiger partial charge in [-0.25, -0.2) is 4.99 Å². The Labute approximate surface area is 167 Å². The summed E-state index contributed by atoms with van der Waals surface area (Å²) in [5, 5.41) is 20.6. The zero-order valence-electron chi connectivity index (χ0n) is 14.7. The third-order valence-corrected chi connectivity index (χ3v) is 6.51. The summed E-state index contributed by atoms with van der Waals surface area (Å²) in [6.07, 6.45) is 4.50. The number of carbonyl (C=O) groups is 1. The number of amidine groups is 1. The summed E-state index contributed by atoms with van der Waals surface area (Å²) in [5.74, 6) is -0.259. The third-order valence-electron chi connectivity index (χ3n) is 5.28. The molecule has 27 heavy (non-hydrogen) atoms. The lowest BCUT2D eigenvalue weighted by atomic mass is 9.61.